The maximum Gasteiger partial charge on any atom is 0.278 e. The second-order valence-corrected chi connectivity index (χ2v) is 5.48. The Morgan fingerprint density at radius 2 is 2.29 bits per heavy atom. The molecule has 0 radical (unpaired) electrons. The molecule has 0 spiro atoms. The van der Waals surface area contributed by atoms with Crippen LogP contribution in [0.5, 0.6) is 0 Å². The minimum atomic E-state index is -0.203. The van der Waals surface area contributed by atoms with Crippen molar-refractivity contribution in [3.8, 4) is 17.5 Å². The Balaban J connectivity index is 2.21. The van der Waals surface area contributed by atoms with Crippen molar-refractivity contribution in [2.45, 2.75) is 17.4 Å². The van der Waals surface area contributed by atoms with Gasteiger partial charge in [0.15, 0.2) is 0 Å². The van der Waals surface area contributed by atoms with Crippen LogP contribution in [0.25, 0.3) is 11.5 Å². The summed E-state index contributed by atoms with van der Waals surface area (Å²) in [5, 5.41) is 16.7. The number of benzene rings is 1. The normalized spacial score (nSPS) is 12.1. The molecule has 0 saturated carbocycles. The van der Waals surface area contributed by atoms with Crippen molar-refractivity contribution in [3.63, 3.8) is 0 Å². The highest BCUT2D eigenvalue weighted by Crippen LogP contribution is 2.26. The molecule has 1 atom stereocenters. The summed E-state index contributed by atoms with van der Waals surface area (Å²) < 4.78 is 6.42. The van der Waals surface area contributed by atoms with E-state index in [2.05, 4.69) is 32.2 Å². The lowest BCUT2D eigenvalue weighted by Crippen LogP contribution is -1.88. The second kappa shape index (κ2) is 5.34. The number of nitrogens with zero attached hydrogens (tertiary/aromatic N) is 3. The molecule has 1 aromatic carbocycles. The van der Waals surface area contributed by atoms with Gasteiger partial charge in [-0.2, -0.15) is 5.26 Å². The van der Waals surface area contributed by atoms with E-state index in [9.17, 15) is 0 Å². The molecule has 0 unspecified atom stereocenters. The lowest BCUT2D eigenvalue weighted by Gasteiger charge is -1.96. The van der Waals surface area contributed by atoms with Crippen molar-refractivity contribution in [2.24, 2.45) is 0 Å². The van der Waals surface area contributed by atoms with Gasteiger partial charge in [-0.25, -0.2) is 0 Å². The van der Waals surface area contributed by atoms with E-state index in [1.807, 2.05) is 24.3 Å². The minimum Gasteiger partial charge on any atom is -0.411 e. The van der Waals surface area contributed by atoms with Gasteiger partial charge >= 0.3 is 0 Å². The fourth-order valence-corrected chi connectivity index (χ4v) is 2.14. The van der Waals surface area contributed by atoms with Crippen LogP contribution in [-0.2, 0) is 0 Å². The lowest BCUT2D eigenvalue weighted by atomic mass is 10.2. The molecule has 2 rings (SSSR count). The van der Waals surface area contributed by atoms with Crippen LogP contribution in [0.15, 0.2) is 38.4 Å². The van der Waals surface area contributed by atoms with Crippen molar-refractivity contribution < 1.29 is 4.42 Å². The summed E-state index contributed by atoms with van der Waals surface area (Å²) in [6.45, 7) is 1.79. The summed E-state index contributed by atoms with van der Waals surface area (Å²) in [5.74, 6) is 0.457. The molecule has 0 saturated heterocycles. The van der Waals surface area contributed by atoms with Crippen LogP contribution in [-0.4, -0.2) is 15.4 Å². The summed E-state index contributed by atoms with van der Waals surface area (Å²) in [6, 6.07) is 9.71. The van der Waals surface area contributed by atoms with E-state index >= 15 is 0 Å². The zero-order chi connectivity index (χ0) is 12.3. The molecule has 0 N–H and O–H groups in total. The monoisotopic (exact) mass is 309 g/mol. The Bertz CT molecular complexity index is 564. The summed E-state index contributed by atoms with van der Waals surface area (Å²) in [7, 11) is 0. The van der Waals surface area contributed by atoms with E-state index in [-0.39, 0.29) is 5.25 Å². The molecule has 0 aliphatic carbocycles. The van der Waals surface area contributed by atoms with E-state index in [1.54, 1.807) is 6.92 Å². The third-order valence-electron chi connectivity index (χ3n) is 1.94. The number of hydrogen-bond donors (Lipinski definition) is 0. The Labute approximate surface area is 111 Å². The predicted molar refractivity (Wildman–Crippen MR) is 68.4 cm³/mol. The maximum atomic E-state index is 8.69. The number of nitriles is 1. The number of hydrogen-bond acceptors (Lipinski definition) is 5. The average Bonchev–Trinajstić information content (AvgIpc) is 2.77. The SMILES string of the molecule is C[C@@H](C#N)Sc1nnc(-c2cccc(Br)c2)o1. The van der Waals surface area contributed by atoms with Crippen LogP contribution in [0.3, 0.4) is 0 Å². The van der Waals surface area contributed by atoms with Gasteiger partial charge in [0.25, 0.3) is 5.22 Å². The van der Waals surface area contributed by atoms with E-state index in [4.69, 9.17) is 9.68 Å². The molecule has 4 nitrogen and oxygen atoms in total. The summed E-state index contributed by atoms with van der Waals surface area (Å²) in [6.07, 6.45) is 0. The molecule has 0 bridgehead atoms. The van der Waals surface area contributed by atoms with Crippen molar-refractivity contribution in [1.29, 1.82) is 5.26 Å². The van der Waals surface area contributed by atoms with Gasteiger partial charge < -0.3 is 4.42 Å². The highest BCUT2D eigenvalue weighted by Gasteiger charge is 2.12. The topological polar surface area (TPSA) is 62.7 Å². The van der Waals surface area contributed by atoms with Crippen molar-refractivity contribution in [1.82, 2.24) is 10.2 Å². The first kappa shape index (κ1) is 12.1. The van der Waals surface area contributed by atoms with E-state index in [0.29, 0.717) is 11.1 Å². The number of thioether (sulfide) groups is 1. The van der Waals surface area contributed by atoms with Gasteiger partial charge in [0.05, 0.1) is 11.3 Å². The van der Waals surface area contributed by atoms with E-state index < -0.39 is 0 Å². The van der Waals surface area contributed by atoms with Crippen LogP contribution in [0.1, 0.15) is 6.92 Å². The van der Waals surface area contributed by atoms with Crippen molar-refractivity contribution in [2.75, 3.05) is 0 Å². The molecule has 6 heteroatoms. The van der Waals surface area contributed by atoms with Crippen LogP contribution in [0, 0.1) is 11.3 Å². The van der Waals surface area contributed by atoms with Crippen LogP contribution >= 0.6 is 27.7 Å². The summed E-state index contributed by atoms with van der Waals surface area (Å²) >= 11 is 4.63. The first-order valence-electron chi connectivity index (χ1n) is 4.85. The Morgan fingerprint density at radius 1 is 1.47 bits per heavy atom. The number of aromatic nitrogens is 2. The van der Waals surface area contributed by atoms with Gasteiger partial charge in [0.1, 0.15) is 0 Å². The molecule has 1 aromatic heterocycles. The molecular formula is C11H8BrN3OS. The standard InChI is InChI=1S/C11H8BrN3OS/c1-7(6-13)17-11-15-14-10(16-11)8-3-2-4-9(12)5-8/h2-5,7H,1H3/t7-/m0/s1. The molecule has 86 valence electrons. The fourth-order valence-electron chi connectivity index (χ4n) is 1.17. The van der Waals surface area contributed by atoms with Crippen LogP contribution in [0.4, 0.5) is 0 Å². The molecule has 0 fully saturated rings. The third kappa shape index (κ3) is 3.08. The van der Waals surface area contributed by atoms with Crippen molar-refractivity contribution >= 4 is 27.7 Å². The van der Waals surface area contributed by atoms with Gasteiger partial charge in [-0.3, -0.25) is 0 Å². The first-order chi connectivity index (χ1) is 8.19. The first-order valence-corrected chi connectivity index (χ1v) is 6.52. The number of halogens is 1. The van der Waals surface area contributed by atoms with Gasteiger partial charge in [0.2, 0.25) is 5.89 Å². The average molecular weight is 310 g/mol. The molecule has 0 aliphatic heterocycles. The van der Waals surface area contributed by atoms with Crippen LogP contribution in [0.2, 0.25) is 0 Å². The molecule has 0 amide bonds. The maximum absolute atomic E-state index is 8.69. The highest BCUT2D eigenvalue weighted by molar-refractivity contribution is 9.10. The van der Waals surface area contributed by atoms with Gasteiger partial charge in [-0.05, 0) is 36.9 Å². The second-order valence-electron chi connectivity index (χ2n) is 3.27. The minimum absolute atomic E-state index is 0.203. The fraction of sp³-hybridized carbons (Fsp3) is 0.182. The van der Waals surface area contributed by atoms with E-state index in [0.717, 1.165) is 10.0 Å². The highest BCUT2D eigenvalue weighted by atomic mass is 79.9. The van der Waals surface area contributed by atoms with Gasteiger partial charge in [-0.1, -0.05) is 22.0 Å². The Morgan fingerprint density at radius 3 is 3.00 bits per heavy atom. The largest absolute Gasteiger partial charge is 0.411 e. The zero-order valence-corrected chi connectivity index (χ0v) is 11.3. The van der Waals surface area contributed by atoms with Crippen LogP contribution < -0.4 is 0 Å². The molecule has 1 heterocycles. The third-order valence-corrected chi connectivity index (χ3v) is 3.26. The Hall–Kier alpha value is -1.32. The molecule has 0 aliphatic rings. The number of rotatable bonds is 3. The predicted octanol–water partition coefficient (Wildman–Crippen LogP) is 3.50. The molecular weight excluding hydrogens is 302 g/mol. The van der Waals surface area contributed by atoms with Crippen molar-refractivity contribution in [3.05, 3.63) is 28.7 Å². The summed E-state index contributed by atoms with van der Waals surface area (Å²) in [4.78, 5) is 0. The molecule has 2 aromatic rings. The smallest absolute Gasteiger partial charge is 0.278 e. The summed E-state index contributed by atoms with van der Waals surface area (Å²) in [5.41, 5.74) is 0.850. The zero-order valence-electron chi connectivity index (χ0n) is 8.92. The van der Waals surface area contributed by atoms with E-state index in [1.165, 1.54) is 11.8 Å². The van der Waals surface area contributed by atoms with Gasteiger partial charge in [0, 0.05) is 10.0 Å². The Kier molecular flexibility index (Phi) is 3.82. The molecule has 17 heavy (non-hydrogen) atoms. The van der Waals surface area contributed by atoms with Gasteiger partial charge in [-0.15, -0.1) is 10.2 Å². The lowest BCUT2D eigenvalue weighted by molar-refractivity contribution is 0.465. The quantitative estimate of drug-likeness (QED) is 0.812.